The van der Waals surface area contributed by atoms with Crippen molar-refractivity contribution in [3.05, 3.63) is 23.5 Å². The first-order chi connectivity index (χ1) is 10.4. The summed E-state index contributed by atoms with van der Waals surface area (Å²) < 4.78 is 11.3. The molecule has 1 aliphatic carbocycles. The number of piperidine rings is 1. The minimum atomic E-state index is -0.403. The maximum atomic E-state index is 12.0. The second-order valence-electron chi connectivity index (χ2n) is 7.70. The number of rotatable bonds is 2. The lowest BCUT2D eigenvalue weighted by molar-refractivity contribution is -0.156. The molecule has 22 heavy (non-hydrogen) atoms. The smallest absolute Gasteiger partial charge is 0.320 e. The number of nitrogens with zero attached hydrogens (tertiary/aromatic N) is 1. The second kappa shape index (κ2) is 5.73. The summed E-state index contributed by atoms with van der Waals surface area (Å²) in [6, 6.07) is 0. The van der Waals surface area contributed by atoms with Gasteiger partial charge in [0, 0.05) is 5.41 Å². The number of ether oxygens (including phenoxy) is 2. The summed E-state index contributed by atoms with van der Waals surface area (Å²) in [4.78, 5) is 14.2. The van der Waals surface area contributed by atoms with Crippen LogP contribution in [-0.2, 0) is 14.3 Å². The molecule has 2 saturated heterocycles. The third-order valence-electron chi connectivity index (χ3n) is 4.77. The summed E-state index contributed by atoms with van der Waals surface area (Å²) in [5.41, 5.74) is 1.21. The first kappa shape index (κ1) is 15.6. The van der Waals surface area contributed by atoms with Gasteiger partial charge in [0.15, 0.2) is 0 Å². The molecule has 4 nitrogen and oxygen atoms in total. The van der Waals surface area contributed by atoms with Crippen molar-refractivity contribution in [2.45, 2.75) is 52.1 Å². The van der Waals surface area contributed by atoms with Gasteiger partial charge in [-0.25, -0.2) is 0 Å². The van der Waals surface area contributed by atoms with Gasteiger partial charge in [-0.15, -0.1) is 0 Å². The van der Waals surface area contributed by atoms with Gasteiger partial charge in [-0.2, -0.15) is 0 Å². The standard InChI is InChI=1S/C18H27NO3/c1-17(2,3)22-16(20)12-19-10-8-18(9-11-19)13-21-15-7-5-4-6-14(15)18/h6-7H,4-5,8-13H2,1-3H3. The van der Waals surface area contributed by atoms with Crippen LogP contribution >= 0.6 is 0 Å². The van der Waals surface area contributed by atoms with E-state index in [1.54, 1.807) is 0 Å². The number of carbonyl (C=O) groups excluding carboxylic acids is 1. The Bertz CT molecular complexity index is 505. The first-order valence-corrected chi connectivity index (χ1v) is 8.36. The highest BCUT2D eigenvalue weighted by molar-refractivity contribution is 5.72. The number of hydrogen-bond acceptors (Lipinski definition) is 4. The van der Waals surface area contributed by atoms with Crippen molar-refractivity contribution in [1.29, 1.82) is 0 Å². The Morgan fingerprint density at radius 3 is 2.64 bits per heavy atom. The number of fused-ring (bicyclic) bond motifs is 2. The number of carbonyl (C=O) groups is 1. The van der Waals surface area contributed by atoms with Crippen molar-refractivity contribution in [1.82, 2.24) is 4.90 Å². The summed E-state index contributed by atoms with van der Waals surface area (Å²) >= 11 is 0. The SMILES string of the molecule is CC(C)(C)OC(=O)CN1CCC2(CC1)COC1=CCCC=C12. The van der Waals surface area contributed by atoms with E-state index < -0.39 is 5.60 Å². The van der Waals surface area contributed by atoms with Crippen molar-refractivity contribution in [3.63, 3.8) is 0 Å². The molecule has 3 rings (SSSR count). The van der Waals surface area contributed by atoms with Gasteiger partial charge in [0.05, 0.1) is 13.2 Å². The molecule has 0 aromatic rings. The molecule has 0 aromatic heterocycles. The molecular weight excluding hydrogens is 278 g/mol. The van der Waals surface area contributed by atoms with E-state index in [1.165, 1.54) is 5.57 Å². The highest BCUT2D eigenvalue weighted by Gasteiger charge is 2.45. The molecule has 2 heterocycles. The first-order valence-electron chi connectivity index (χ1n) is 8.36. The molecule has 0 bridgehead atoms. The van der Waals surface area contributed by atoms with Crippen molar-refractivity contribution in [2.24, 2.45) is 5.41 Å². The van der Waals surface area contributed by atoms with Crippen LogP contribution in [0.15, 0.2) is 23.5 Å². The molecule has 0 aromatic carbocycles. The molecule has 0 radical (unpaired) electrons. The highest BCUT2D eigenvalue weighted by atomic mass is 16.6. The minimum Gasteiger partial charge on any atom is -0.493 e. The van der Waals surface area contributed by atoms with Crippen LogP contribution in [0.4, 0.5) is 0 Å². The summed E-state index contributed by atoms with van der Waals surface area (Å²) in [6.45, 7) is 8.82. The summed E-state index contributed by atoms with van der Waals surface area (Å²) in [6.07, 6.45) is 8.96. The van der Waals surface area contributed by atoms with Gasteiger partial charge in [0.25, 0.3) is 0 Å². The Labute approximate surface area is 133 Å². The van der Waals surface area contributed by atoms with E-state index in [0.717, 1.165) is 51.1 Å². The predicted molar refractivity (Wildman–Crippen MR) is 85.3 cm³/mol. The van der Waals surface area contributed by atoms with Crippen LogP contribution in [0.25, 0.3) is 0 Å². The number of esters is 1. The topological polar surface area (TPSA) is 38.8 Å². The molecule has 2 aliphatic heterocycles. The monoisotopic (exact) mass is 305 g/mol. The van der Waals surface area contributed by atoms with Gasteiger partial charge in [-0.05, 0) is 71.2 Å². The van der Waals surface area contributed by atoms with Crippen LogP contribution in [0, 0.1) is 5.41 Å². The van der Waals surface area contributed by atoms with E-state index in [0.29, 0.717) is 6.54 Å². The molecule has 0 N–H and O–H groups in total. The Morgan fingerprint density at radius 2 is 1.95 bits per heavy atom. The fourth-order valence-electron chi connectivity index (χ4n) is 3.67. The molecule has 122 valence electrons. The maximum Gasteiger partial charge on any atom is 0.320 e. The molecule has 4 heteroatoms. The molecule has 0 amide bonds. The van der Waals surface area contributed by atoms with Gasteiger partial charge in [0.1, 0.15) is 11.4 Å². The summed E-state index contributed by atoms with van der Waals surface area (Å²) in [5, 5.41) is 0. The van der Waals surface area contributed by atoms with Crippen molar-refractivity contribution < 1.29 is 14.3 Å². The van der Waals surface area contributed by atoms with E-state index in [4.69, 9.17) is 9.47 Å². The van der Waals surface area contributed by atoms with E-state index in [9.17, 15) is 4.79 Å². The fraction of sp³-hybridized carbons (Fsp3) is 0.722. The summed E-state index contributed by atoms with van der Waals surface area (Å²) in [7, 11) is 0. The molecule has 0 saturated carbocycles. The predicted octanol–water partition coefficient (Wildman–Crippen LogP) is 3.04. The molecule has 0 unspecified atom stereocenters. The lowest BCUT2D eigenvalue weighted by atomic mass is 9.72. The zero-order chi connectivity index (χ0) is 15.8. The number of likely N-dealkylation sites (tertiary alicyclic amines) is 1. The van der Waals surface area contributed by atoms with E-state index in [1.807, 2.05) is 20.8 Å². The number of hydrogen-bond donors (Lipinski definition) is 0. The van der Waals surface area contributed by atoms with Crippen LogP contribution in [0.5, 0.6) is 0 Å². The highest BCUT2D eigenvalue weighted by Crippen LogP contribution is 2.49. The molecule has 0 atom stereocenters. The normalized spacial score (nSPS) is 24.3. The fourth-order valence-corrected chi connectivity index (χ4v) is 3.67. The zero-order valence-corrected chi connectivity index (χ0v) is 14.0. The van der Waals surface area contributed by atoms with Crippen molar-refractivity contribution in [3.8, 4) is 0 Å². The Morgan fingerprint density at radius 1 is 1.27 bits per heavy atom. The van der Waals surface area contributed by atoms with Crippen LogP contribution in [0.2, 0.25) is 0 Å². The Kier molecular flexibility index (Phi) is 4.06. The third-order valence-corrected chi connectivity index (χ3v) is 4.77. The average molecular weight is 305 g/mol. The Hall–Kier alpha value is -1.29. The van der Waals surface area contributed by atoms with Crippen molar-refractivity contribution >= 4 is 5.97 Å². The quantitative estimate of drug-likeness (QED) is 0.735. The van der Waals surface area contributed by atoms with E-state index in [-0.39, 0.29) is 11.4 Å². The molecule has 1 spiro atoms. The minimum absolute atomic E-state index is 0.122. The van der Waals surface area contributed by atoms with Gasteiger partial charge < -0.3 is 9.47 Å². The van der Waals surface area contributed by atoms with Gasteiger partial charge in [0.2, 0.25) is 0 Å². The van der Waals surface area contributed by atoms with Crippen molar-refractivity contribution in [2.75, 3.05) is 26.2 Å². The van der Waals surface area contributed by atoms with E-state index >= 15 is 0 Å². The van der Waals surface area contributed by atoms with E-state index in [2.05, 4.69) is 17.1 Å². The molecule has 2 fully saturated rings. The Balaban J connectivity index is 1.56. The number of allylic oxidation sites excluding steroid dienone is 3. The summed E-state index contributed by atoms with van der Waals surface area (Å²) in [5.74, 6) is 0.996. The van der Waals surface area contributed by atoms with Crippen LogP contribution in [-0.4, -0.2) is 42.7 Å². The largest absolute Gasteiger partial charge is 0.493 e. The van der Waals surface area contributed by atoms with Crippen LogP contribution in [0.3, 0.4) is 0 Å². The lowest BCUT2D eigenvalue weighted by Crippen LogP contribution is -2.44. The van der Waals surface area contributed by atoms with Gasteiger partial charge in [-0.3, -0.25) is 9.69 Å². The van der Waals surface area contributed by atoms with Crippen LogP contribution < -0.4 is 0 Å². The van der Waals surface area contributed by atoms with Gasteiger partial charge >= 0.3 is 5.97 Å². The lowest BCUT2D eigenvalue weighted by Gasteiger charge is -2.38. The second-order valence-corrected chi connectivity index (χ2v) is 7.70. The maximum absolute atomic E-state index is 12.0. The zero-order valence-electron chi connectivity index (χ0n) is 14.0. The van der Waals surface area contributed by atoms with Crippen LogP contribution in [0.1, 0.15) is 46.5 Å². The average Bonchev–Trinajstić information content (AvgIpc) is 2.79. The van der Waals surface area contributed by atoms with Gasteiger partial charge in [-0.1, -0.05) is 6.08 Å². The molecular formula is C18H27NO3. The molecule has 3 aliphatic rings. The third kappa shape index (κ3) is 3.22.